The van der Waals surface area contributed by atoms with Gasteiger partial charge in [-0.25, -0.2) is 19.2 Å². The molecule has 0 radical (unpaired) electrons. The lowest BCUT2D eigenvalue weighted by Crippen LogP contribution is -2.33. The van der Waals surface area contributed by atoms with Crippen LogP contribution in [-0.2, 0) is 6.54 Å². The Hall–Kier alpha value is -3.50. The van der Waals surface area contributed by atoms with Crippen LogP contribution in [0.25, 0.3) is 11.3 Å². The number of nitrogens with zero attached hydrogens (tertiary/aromatic N) is 6. The minimum Gasteiger partial charge on any atom is -0.394 e. The lowest BCUT2D eigenvalue weighted by molar-refractivity contribution is 0.141. The van der Waals surface area contributed by atoms with Crippen molar-refractivity contribution in [3.05, 3.63) is 64.3 Å². The van der Waals surface area contributed by atoms with E-state index >= 15 is 0 Å². The van der Waals surface area contributed by atoms with Gasteiger partial charge in [-0.2, -0.15) is 5.10 Å². The average molecular weight is 484 g/mol. The molecule has 1 amide bonds. The number of aliphatic hydroxyl groups is 1. The number of benzene rings is 1. The molecule has 2 aromatic heterocycles. The summed E-state index contributed by atoms with van der Waals surface area (Å²) in [5, 5.41) is 19.3. The first kappa shape index (κ1) is 22.3. The molecule has 34 heavy (non-hydrogen) atoms. The Morgan fingerprint density at radius 2 is 2.18 bits per heavy atom. The lowest BCUT2D eigenvalue weighted by atomic mass is 10.1. The van der Waals surface area contributed by atoms with Gasteiger partial charge in [-0.05, 0) is 36.2 Å². The molecule has 5 rings (SSSR count). The van der Waals surface area contributed by atoms with Crippen LogP contribution < -0.4 is 5.32 Å². The van der Waals surface area contributed by atoms with Gasteiger partial charge in [-0.3, -0.25) is 9.58 Å². The molecule has 0 bridgehead atoms. The SMILES string of the molecule is Cc1cnc(NC2CC=NN2C)nc1-c1cc2n(c1)C(=O)N([C@H](CO)c1ccc(Cl)c(F)c1)C2. The average Bonchev–Trinajstić information content (AvgIpc) is 3.50. The summed E-state index contributed by atoms with van der Waals surface area (Å²) in [7, 11) is 1.88. The number of anilines is 1. The Bertz CT molecular complexity index is 1290. The van der Waals surface area contributed by atoms with Crippen LogP contribution in [0.3, 0.4) is 0 Å². The van der Waals surface area contributed by atoms with E-state index in [1.165, 1.54) is 21.6 Å². The van der Waals surface area contributed by atoms with E-state index in [0.717, 1.165) is 28.9 Å². The number of hydrogen-bond donors (Lipinski definition) is 2. The number of hydrogen-bond acceptors (Lipinski definition) is 7. The Balaban J connectivity index is 1.39. The van der Waals surface area contributed by atoms with E-state index in [1.807, 2.05) is 31.3 Å². The molecule has 176 valence electrons. The summed E-state index contributed by atoms with van der Waals surface area (Å²) >= 11 is 5.78. The van der Waals surface area contributed by atoms with Crippen molar-refractivity contribution in [1.29, 1.82) is 0 Å². The van der Waals surface area contributed by atoms with Gasteiger partial charge in [0.2, 0.25) is 5.95 Å². The van der Waals surface area contributed by atoms with Gasteiger partial charge in [-0.1, -0.05) is 17.7 Å². The topological polar surface area (TPSA) is 98.9 Å². The maximum Gasteiger partial charge on any atom is 0.329 e. The summed E-state index contributed by atoms with van der Waals surface area (Å²) in [5.41, 5.74) is 3.62. The summed E-state index contributed by atoms with van der Waals surface area (Å²) < 4.78 is 15.5. The highest BCUT2D eigenvalue weighted by Gasteiger charge is 2.34. The van der Waals surface area contributed by atoms with E-state index in [9.17, 15) is 14.3 Å². The van der Waals surface area contributed by atoms with Crippen LogP contribution in [0, 0.1) is 12.7 Å². The number of carbonyl (C=O) groups is 1. The Morgan fingerprint density at radius 3 is 2.85 bits per heavy atom. The zero-order valence-corrected chi connectivity index (χ0v) is 19.4. The fourth-order valence-electron chi connectivity index (χ4n) is 4.28. The van der Waals surface area contributed by atoms with Gasteiger partial charge in [0.15, 0.2) is 0 Å². The first-order valence-corrected chi connectivity index (χ1v) is 11.2. The van der Waals surface area contributed by atoms with Gasteiger partial charge < -0.3 is 15.3 Å². The molecule has 0 fully saturated rings. The van der Waals surface area contributed by atoms with E-state index in [2.05, 4.69) is 20.4 Å². The number of amides is 1. The number of carbonyl (C=O) groups excluding carboxylic acids is 1. The third-order valence-corrected chi connectivity index (χ3v) is 6.45. The summed E-state index contributed by atoms with van der Waals surface area (Å²) in [6.45, 7) is 1.84. The van der Waals surface area contributed by atoms with Gasteiger partial charge in [0.25, 0.3) is 0 Å². The largest absolute Gasteiger partial charge is 0.394 e. The number of nitrogens with one attached hydrogen (secondary N) is 1. The first-order chi connectivity index (χ1) is 16.4. The minimum absolute atomic E-state index is 0.00901. The highest BCUT2D eigenvalue weighted by atomic mass is 35.5. The van der Waals surface area contributed by atoms with Crippen molar-refractivity contribution in [2.24, 2.45) is 5.10 Å². The second kappa shape index (κ2) is 8.69. The van der Waals surface area contributed by atoms with Gasteiger partial charge in [0.1, 0.15) is 12.0 Å². The van der Waals surface area contributed by atoms with E-state index in [-0.39, 0.29) is 30.4 Å². The molecule has 4 heterocycles. The molecule has 2 N–H and O–H groups in total. The molecule has 2 aliphatic heterocycles. The predicted molar refractivity (Wildman–Crippen MR) is 126 cm³/mol. The third kappa shape index (κ3) is 3.88. The number of rotatable bonds is 6. The number of aryl methyl sites for hydroxylation is 1. The molecule has 3 aromatic rings. The monoisotopic (exact) mass is 483 g/mol. The lowest BCUT2D eigenvalue weighted by Gasteiger charge is -2.26. The quantitative estimate of drug-likeness (QED) is 0.555. The number of aliphatic hydroxyl groups excluding tert-OH is 1. The van der Waals surface area contributed by atoms with E-state index < -0.39 is 11.9 Å². The molecule has 9 nitrogen and oxygen atoms in total. The standard InChI is InChI=1S/C23H23ClFN7O2/c1-13-9-26-22(28-20-5-6-27-30(20)2)29-21(13)15-7-16-11-32(23(34)31(16)10-15)19(12-33)14-3-4-17(24)18(25)8-14/h3-4,6-10,19-20,33H,5,11-12H2,1-2H3,(H,26,28,29)/t19-,20?/m1/s1. The van der Waals surface area contributed by atoms with Gasteiger partial charge in [-0.15, -0.1) is 0 Å². The first-order valence-electron chi connectivity index (χ1n) is 10.8. The Kier molecular flexibility index (Phi) is 5.70. The van der Waals surface area contributed by atoms with Crippen molar-refractivity contribution >= 4 is 29.8 Å². The van der Waals surface area contributed by atoms with Crippen molar-refractivity contribution in [3.8, 4) is 11.3 Å². The molecule has 2 atom stereocenters. The summed E-state index contributed by atoms with van der Waals surface area (Å²) in [6, 6.07) is 5.20. The normalized spacial score (nSPS) is 18.0. The van der Waals surface area contributed by atoms with E-state index in [0.29, 0.717) is 11.5 Å². The second-order valence-corrected chi connectivity index (χ2v) is 8.77. The maximum atomic E-state index is 14.0. The predicted octanol–water partition coefficient (Wildman–Crippen LogP) is 3.62. The van der Waals surface area contributed by atoms with Crippen LogP contribution in [0.4, 0.5) is 15.1 Å². The molecule has 0 spiro atoms. The van der Waals surface area contributed by atoms with Crippen molar-refractivity contribution in [2.75, 3.05) is 19.0 Å². The zero-order chi connectivity index (χ0) is 24.0. The van der Waals surface area contributed by atoms with Crippen LogP contribution in [0.15, 0.2) is 41.8 Å². The zero-order valence-electron chi connectivity index (χ0n) is 18.6. The van der Waals surface area contributed by atoms with Gasteiger partial charge in [0.05, 0.1) is 29.9 Å². The smallest absolute Gasteiger partial charge is 0.329 e. The summed E-state index contributed by atoms with van der Waals surface area (Å²) in [4.78, 5) is 23.7. The molecule has 2 aliphatic rings. The van der Waals surface area contributed by atoms with Crippen molar-refractivity contribution < 1.29 is 14.3 Å². The summed E-state index contributed by atoms with van der Waals surface area (Å²) in [5.74, 6) is -0.113. The van der Waals surface area contributed by atoms with Crippen molar-refractivity contribution in [3.63, 3.8) is 0 Å². The molecular formula is C23H23ClFN7O2. The number of fused-ring (bicyclic) bond motifs is 1. The minimum atomic E-state index is -0.690. The van der Waals surface area contributed by atoms with Gasteiger partial charge >= 0.3 is 6.03 Å². The number of halogens is 2. The van der Waals surface area contributed by atoms with Crippen LogP contribution in [0.1, 0.15) is 29.3 Å². The fraction of sp³-hybridized carbons (Fsp3) is 0.304. The van der Waals surface area contributed by atoms with Gasteiger partial charge in [0, 0.05) is 43.3 Å². The second-order valence-electron chi connectivity index (χ2n) is 8.37. The molecule has 0 saturated heterocycles. The van der Waals surface area contributed by atoms with Crippen LogP contribution in [0.5, 0.6) is 0 Å². The molecule has 1 aromatic carbocycles. The van der Waals surface area contributed by atoms with Crippen molar-refractivity contribution in [2.45, 2.75) is 32.1 Å². The Morgan fingerprint density at radius 1 is 1.35 bits per heavy atom. The molecule has 1 unspecified atom stereocenters. The summed E-state index contributed by atoms with van der Waals surface area (Å²) in [6.07, 6.45) is 6.04. The van der Waals surface area contributed by atoms with Crippen LogP contribution >= 0.6 is 11.6 Å². The Labute approximate surface area is 200 Å². The maximum absolute atomic E-state index is 14.0. The van der Waals surface area contributed by atoms with E-state index in [4.69, 9.17) is 11.6 Å². The fourth-order valence-corrected chi connectivity index (χ4v) is 4.40. The van der Waals surface area contributed by atoms with Crippen LogP contribution in [-0.4, -0.2) is 61.6 Å². The molecular weight excluding hydrogens is 461 g/mol. The van der Waals surface area contributed by atoms with Crippen LogP contribution in [0.2, 0.25) is 5.02 Å². The molecule has 0 aliphatic carbocycles. The number of hydrazone groups is 1. The van der Waals surface area contributed by atoms with Crippen molar-refractivity contribution in [1.82, 2.24) is 24.4 Å². The highest BCUT2D eigenvalue weighted by Crippen LogP contribution is 2.33. The van der Waals surface area contributed by atoms with E-state index in [1.54, 1.807) is 18.5 Å². The third-order valence-electron chi connectivity index (χ3n) is 6.15. The molecule has 11 heteroatoms. The molecule has 0 saturated carbocycles. The highest BCUT2D eigenvalue weighted by molar-refractivity contribution is 6.30. The number of aromatic nitrogens is 3.